The monoisotopic (exact) mass is 361 g/mol. The summed E-state index contributed by atoms with van der Waals surface area (Å²) in [5.74, 6) is 0.177. The first-order valence-corrected chi connectivity index (χ1v) is 9.11. The van der Waals surface area contributed by atoms with Crippen LogP contribution in [0.5, 0.6) is 0 Å². The van der Waals surface area contributed by atoms with E-state index in [0.717, 1.165) is 16.5 Å². The molecule has 6 N–H and O–H groups in total. The maximum absolute atomic E-state index is 12.4. The van der Waals surface area contributed by atoms with Gasteiger partial charge in [-0.2, -0.15) is 5.10 Å². The lowest BCUT2D eigenvalue weighted by molar-refractivity contribution is -0.609. The third-order valence-electron chi connectivity index (χ3n) is 5.03. The number of carbonyl (C=O) groups is 1. The molecule has 1 aliphatic carbocycles. The van der Waals surface area contributed by atoms with Crippen LogP contribution in [-0.4, -0.2) is 29.2 Å². The lowest BCUT2D eigenvalue weighted by Crippen LogP contribution is -2.83. The topological polar surface area (TPSA) is 98.6 Å². The second kappa shape index (κ2) is 7.65. The number of rotatable bonds is 5. The van der Waals surface area contributed by atoms with E-state index in [1.165, 1.54) is 5.57 Å². The van der Waals surface area contributed by atoms with E-state index in [1.807, 2.05) is 30.3 Å². The number of pyridine rings is 1. The molecule has 0 fully saturated rings. The first-order chi connectivity index (χ1) is 13.2. The minimum Gasteiger partial charge on any atom is -0.347 e. The van der Waals surface area contributed by atoms with E-state index in [2.05, 4.69) is 57.1 Å². The summed E-state index contributed by atoms with van der Waals surface area (Å²) in [4.78, 5) is 16.8. The molecule has 1 aliphatic heterocycles. The summed E-state index contributed by atoms with van der Waals surface area (Å²) >= 11 is 0. The van der Waals surface area contributed by atoms with Gasteiger partial charge in [-0.05, 0) is 12.1 Å². The van der Waals surface area contributed by atoms with E-state index >= 15 is 0 Å². The van der Waals surface area contributed by atoms with Crippen molar-refractivity contribution in [2.45, 2.75) is 18.5 Å². The molecule has 6 heteroatoms. The van der Waals surface area contributed by atoms with Gasteiger partial charge in [0.1, 0.15) is 6.04 Å². The molecule has 6 nitrogen and oxygen atoms in total. The highest BCUT2D eigenvalue weighted by Gasteiger charge is 2.33. The second-order valence-electron chi connectivity index (χ2n) is 6.86. The number of hydrogen-bond donors (Lipinski definition) is 3. The van der Waals surface area contributed by atoms with Gasteiger partial charge in [0.05, 0.1) is 23.8 Å². The van der Waals surface area contributed by atoms with Crippen molar-refractivity contribution in [3.8, 4) is 0 Å². The number of fused-ring (bicyclic) bond motifs is 2. The number of benzene rings is 1. The lowest BCUT2D eigenvalue weighted by Gasteiger charge is -2.16. The molecular weight excluding hydrogens is 338 g/mol. The summed E-state index contributed by atoms with van der Waals surface area (Å²) in [5.41, 5.74) is 9.61. The van der Waals surface area contributed by atoms with Gasteiger partial charge in [-0.15, -0.1) is 0 Å². The Balaban J connectivity index is 1.37. The van der Waals surface area contributed by atoms with Gasteiger partial charge in [0.15, 0.2) is 6.04 Å². The highest BCUT2D eigenvalue weighted by Crippen LogP contribution is 2.25. The van der Waals surface area contributed by atoms with Crippen LogP contribution in [0.15, 0.2) is 77.7 Å². The zero-order valence-corrected chi connectivity index (χ0v) is 15.0. The number of nitrogens with zero attached hydrogens (tertiary/aromatic N) is 2. The molecule has 0 spiro atoms. The highest BCUT2D eigenvalue weighted by molar-refractivity contribution is 5.97. The van der Waals surface area contributed by atoms with E-state index in [1.54, 1.807) is 12.4 Å². The van der Waals surface area contributed by atoms with E-state index in [9.17, 15) is 4.79 Å². The minimum absolute atomic E-state index is 0.181. The molecule has 136 valence electrons. The van der Waals surface area contributed by atoms with E-state index in [4.69, 9.17) is 0 Å². The van der Waals surface area contributed by atoms with Gasteiger partial charge in [0.25, 0.3) is 5.91 Å². The smallest absolute Gasteiger partial charge is 0.298 e. The number of hydrazone groups is 1. The number of aromatic nitrogens is 1. The van der Waals surface area contributed by atoms with Gasteiger partial charge in [-0.1, -0.05) is 42.5 Å². The molecule has 1 amide bonds. The van der Waals surface area contributed by atoms with Crippen molar-refractivity contribution < 1.29 is 15.8 Å². The molecule has 2 aromatic rings. The average Bonchev–Trinajstić information content (AvgIpc) is 3.11. The number of amides is 1. The molecule has 0 saturated heterocycles. The van der Waals surface area contributed by atoms with Gasteiger partial charge in [0.2, 0.25) is 0 Å². The van der Waals surface area contributed by atoms with Crippen LogP contribution in [0.4, 0.5) is 0 Å². The van der Waals surface area contributed by atoms with Gasteiger partial charge in [0, 0.05) is 29.1 Å². The van der Waals surface area contributed by atoms with Crippen molar-refractivity contribution in [3.05, 3.63) is 78.2 Å². The Morgan fingerprint density at radius 1 is 1.30 bits per heavy atom. The Bertz CT molecular complexity index is 970. The number of para-hydroxylation sites is 1. The molecule has 1 aromatic carbocycles. The molecule has 3 atom stereocenters. The van der Waals surface area contributed by atoms with Crippen molar-refractivity contribution in [2.24, 2.45) is 11.0 Å². The maximum Gasteiger partial charge on any atom is 0.298 e. The number of quaternary nitrogens is 2. The normalized spacial score (nSPS) is 22.0. The molecule has 0 bridgehead atoms. The zero-order valence-electron chi connectivity index (χ0n) is 15.0. The fourth-order valence-corrected chi connectivity index (χ4v) is 3.59. The van der Waals surface area contributed by atoms with Crippen molar-refractivity contribution in [2.75, 3.05) is 0 Å². The van der Waals surface area contributed by atoms with Crippen LogP contribution in [0.25, 0.3) is 10.9 Å². The largest absolute Gasteiger partial charge is 0.347 e. The Labute approximate surface area is 157 Å². The zero-order chi connectivity index (χ0) is 18.6. The van der Waals surface area contributed by atoms with Crippen LogP contribution in [0.2, 0.25) is 0 Å². The molecule has 27 heavy (non-hydrogen) atoms. The third-order valence-corrected chi connectivity index (χ3v) is 5.03. The molecule has 2 heterocycles. The van der Waals surface area contributed by atoms with Crippen molar-refractivity contribution in [3.63, 3.8) is 0 Å². The van der Waals surface area contributed by atoms with Crippen LogP contribution in [0.1, 0.15) is 12.0 Å². The molecular formula is C21H23N5O+2. The van der Waals surface area contributed by atoms with Gasteiger partial charge in [-0.25, -0.2) is 5.43 Å². The summed E-state index contributed by atoms with van der Waals surface area (Å²) < 4.78 is 0. The van der Waals surface area contributed by atoms with Crippen molar-refractivity contribution in [1.29, 1.82) is 0 Å². The molecule has 0 saturated carbocycles. The van der Waals surface area contributed by atoms with Crippen molar-refractivity contribution in [1.82, 2.24) is 10.4 Å². The quantitative estimate of drug-likeness (QED) is 0.526. The van der Waals surface area contributed by atoms with Crippen LogP contribution in [0, 0.1) is 5.92 Å². The van der Waals surface area contributed by atoms with E-state index in [-0.39, 0.29) is 11.9 Å². The maximum atomic E-state index is 12.4. The summed E-state index contributed by atoms with van der Waals surface area (Å²) in [6, 6.07) is 9.80. The fourth-order valence-electron chi connectivity index (χ4n) is 3.59. The van der Waals surface area contributed by atoms with Crippen molar-refractivity contribution >= 4 is 23.0 Å². The second-order valence-corrected chi connectivity index (χ2v) is 6.86. The van der Waals surface area contributed by atoms with Crippen LogP contribution >= 0.6 is 0 Å². The Hall–Kier alpha value is -3.09. The van der Waals surface area contributed by atoms with Crippen LogP contribution < -0.4 is 16.5 Å². The minimum atomic E-state index is -0.384. The number of nitrogens with two attached hydrogens (primary N) is 1. The van der Waals surface area contributed by atoms with Gasteiger partial charge in [-0.3, -0.25) is 9.78 Å². The Morgan fingerprint density at radius 2 is 2.15 bits per heavy atom. The van der Waals surface area contributed by atoms with Crippen LogP contribution in [0.3, 0.4) is 0 Å². The number of hydrogen-bond acceptors (Lipinski definition) is 3. The standard InChI is InChI=1S/C21H21N5O/c22-18(11-16-12-24-19-9-2-1-8-17(16)19)21(27)26-25-13-15-6-3-5-14-7-4-10-23-20(14)15/h1-10,12-13,17-19,24H,11,22H2,(H,26,27)/p+2/b25-13-/t17-,18-,19-/m1/s1. The summed E-state index contributed by atoms with van der Waals surface area (Å²) in [5, 5.41) is 7.34. The Kier molecular flexibility index (Phi) is 4.91. The molecule has 0 radical (unpaired) electrons. The summed E-state index contributed by atoms with van der Waals surface area (Å²) in [6.07, 6.45) is 14.7. The predicted octanol–water partition coefficient (Wildman–Crippen LogP) is 0.257. The SMILES string of the molecule is [NH3+][C@H](CC1=C[NH2+][C@@H]2C=CC=C[C@H]12)C(=O)N/N=C\c1cccc2cccnc12. The third kappa shape index (κ3) is 3.72. The van der Waals surface area contributed by atoms with Crippen LogP contribution in [-0.2, 0) is 4.79 Å². The first-order valence-electron chi connectivity index (χ1n) is 9.11. The lowest BCUT2D eigenvalue weighted by atomic mass is 9.88. The molecule has 4 rings (SSSR count). The first kappa shape index (κ1) is 17.3. The van der Waals surface area contributed by atoms with E-state index in [0.29, 0.717) is 18.4 Å². The highest BCUT2D eigenvalue weighted by atomic mass is 16.2. The number of carbonyl (C=O) groups excluding carboxylic acids is 1. The Morgan fingerprint density at radius 3 is 3.07 bits per heavy atom. The fraction of sp³-hybridized carbons (Fsp3) is 0.190. The predicted molar refractivity (Wildman–Crippen MR) is 104 cm³/mol. The summed E-state index contributed by atoms with van der Waals surface area (Å²) in [6.45, 7) is 0. The molecule has 1 aromatic heterocycles. The van der Waals surface area contributed by atoms with E-state index < -0.39 is 0 Å². The number of allylic oxidation sites excluding steroid dienone is 2. The molecule has 2 aliphatic rings. The van der Waals surface area contributed by atoms with Gasteiger partial charge >= 0.3 is 0 Å². The average molecular weight is 361 g/mol. The molecule has 0 unspecified atom stereocenters. The van der Waals surface area contributed by atoms with Gasteiger partial charge < -0.3 is 11.1 Å². The summed E-state index contributed by atoms with van der Waals surface area (Å²) in [7, 11) is 0. The number of nitrogens with one attached hydrogen (secondary N) is 1.